The average molecular weight is 660 g/mol. The van der Waals surface area contributed by atoms with E-state index in [0.717, 1.165) is 38.5 Å². The van der Waals surface area contributed by atoms with Crippen LogP contribution in [0.1, 0.15) is 71.6 Å². The molecule has 0 amide bonds. The van der Waals surface area contributed by atoms with E-state index in [1.807, 2.05) is 13.8 Å². The van der Waals surface area contributed by atoms with E-state index in [-0.39, 0.29) is 39.9 Å². The summed E-state index contributed by atoms with van der Waals surface area (Å²) in [4.78, 5) is 30.1. The monoisotopic (exact) mass is 659 g/mol. The first-order chi connectivity index (χ1) is 22.7. The van der Waals surface area contributed by atoms with Gasteiger partial charge in [0.2, 0.25) is 0 Å². The third kappa shape index (κ3) is 8.26. The van der Waals surface area contributed by atoms with Crippen molar-refractivity contribution in [3.05, 3.63) is 77.0 Å². The molecule has 5 N–H and O–H groups in total. The van der Waals surface area contributed by atoms with Gasteiger partial charge in [-0.15, -0.1) is 0 Å². The molecule has 11 heteroatoms. The van der Waals surface area contributed by atoms with Gasteiger partial charge in [0.25, 0.3) is 0 Å². The lowest BCUT2D eigenvalue weighted by Crippen LogP contribution is -2.16. The van der Waals surface area contributed by atoms with Gasteiger partial charge in [-0.05, 0) is 96.2 Å². The smallest absolute Gasteiger partial charge is 0.348 e. The van der Waals surface area contributed by atoms with Crippen molar-refractivity contribution >= 4 is 58.3 Å². The Morgan fingerprint density at radius 2 is 1.72 bits per heavy atom. The molecule has 6 aromatic rings. The minimum atomic E-state index is -0.464. The predicted molar refractivity (Wildman–Crippen MR) is 192 cm³/mol. The molecule has 0 aliphatic carbocycles. The predicted octanol–water partition coefficient (Wildman–Crippen LogP) is 7.24. The zero-order valence-electron chi connectivity index (χ0n) is 27.6. The number of aliphatic hydroxyl groups excluding tert-OH is 1. The summed E-state index contributed by atoms with van der Waals surface area (Å²) < 4.78 is 12.5. The third-order valence-electron chi connectivity index (χ3n) is 8.36. The Kier molecular flexibility index (Phi) is 11.8. The molecule has 7 rings (SSSR count). The van der Waals surface area contributed by atoms with Crippen LogP contribution in [0.15, 0.2) is 65.7 Å². The number of H-pyrrole nitrogens is 1. The highest BCUT2D eigenvalue weighted by atomic mass is 31.1. The summed E-state index contributed by atoms with van der Waals surface area (Å²) in [6.45, 7) is 8.41. The van der Waals surface area contributed by atoms with Crippen LogP contribution in [0.5, 0.6) is 0 Å². The number of anilines is 1. The summed E-state index contributed by atoms with van der Waals surface area (Å²) in [7, 11) is -0.362. The van der Waals surface area contributed by atoms with Gasteiger partial charge in [-0.2, -0.15) is 4.98 Å². The number of nitrogens with zero attached hydrogens (tertiary/aromatic N) is 3. The molecule has 1 saturated heterocycles. The lowest BCUT2D eigenvalue weighted by Gasteiger charge is -2.16. The molecule has 3 heterocycles. The van der Waals surface area contributed by atoms with Crippen LogP contribution < -0.4 is 11.4 Å². The molecule has 0 radical (unpaired) electrons. The largest absolute Gasteiger partial charge is 0.396 e. The van der Waals surface area contributed by atoms with Crippen molar-refractivity contribution in [2.75, 3.05) is 12.3 Å². The SMILES string of the molecule is CC(C)C[C@@H]1CC[C@H](n2cnc3c(N)[nH]c(=O)nc32)O1.CC(C)OPO.OCCCCc1ccc2ccc3cccc4ccc1c2c34. The Morgan fingerprint density at radius 3 is 2.38 bits per heavy atom. The first-order valence-electron chi connectivity index (χ1n) is 16.4. The number of hydrogen-bond acceptors (Lipinski definition) is 8. The first kappa shape index (κ1) is 34.7. The normalized spacial score (nSPS) is 16.6. The Morgan fingerprint density at radius 1 is 1.02 bits per heavy atom. The molecule has 1 fully saturated rings. The molecule has 2 aromatic heterocycles. The maximum atomic E-state index is 11.5. The second-order valence-corrected chi connectivity index (χ2v) is 13.1. The Bertz CT molecular complexity index is 1940. The summed E-state index contributed by atoms with van der Waals surface area (Å²) in [6, 6.07) is 19.9. The number of fused-ring (bicyclic) bond motifs is 1. The van der Waals surface area contributed by atoms with Crippen molar-refractivity contribution in [3.63, 3.8) is 0 Å². The molecule has 1 unspecified atom stereocenters. The minimum absolute atomic E-state index is 0.113. The number of hydrogen-bond donors (Lipinski definition) is 4. The number of nitrogens with one attached hydrogen (secondary N) is 1. The maximum Gasteiger partial charge on any atom is 0.348 e. The molecule has 1 aliphatic rings. The Labute approximate surface area is 276 Å². The van der Waals surface area contributed by atoms with Crippen LogP contribution in [0.3, 0.4) is 0 Å². The highest BCUT2D eigenvalue weighted by Gasteiger charge is 2.28. The van der Waals surface area contributed by atoms with E-state index in [2.05, 4.69) is 87.9 Å². The molecule has 250 valence electrons. The number of nitrogens with two attached hydrogens (primary N) is 1. The second kappa shape index (κ2) is 16.0. The van der Waals surface area contributed by atoms with E-state index in [9.17, 15) is 4.79 Å². The summed E-state index contributed by atoms with van der Waals surface area (Å²) in [5.41, 5.74) is 7.68. The number of aryl methyl sites for hydroxylation is 1. The molecule has 0 saturated carbocycles. The topological polar surface area (TPSA) is 149 Å². The van der Waals surface area contributed by atoms with E-state index in [4.69, 9.17) is 20.5 Å². The van der Waals surface area contributed by atoms with Crippen molar-refractivity contribution in [1.82, 2.24) is 19.5 Å². The van der Waals surface area contributed by atoms with Gasteiger partial charge in [0, 0.05) is 6.61 Å². The molecule has 0 bridgehead atoms. The summed E-state index contributed by atoms with van der Waals surface area (Å²) in [5.74, 6) is 0.852. The second-order valence-electron chi connectivity index (χ2n) is 12.7. The van der Waals surface area contributed by atoms with Gasteiger partial charge >= 0.3 is 5.69 Å². The quantitative estimate of drug-likeness (QED) is 0.0721. The lowest BCUT2D eigenvalue weighted by atomic mass is 9.91. The number of ether oxygens (including phenoxy) is 1. The molecule has 10 nitrogen and oxygen atoms in total. The number of aliphatic hydroxyl groups is 1. The fraction of sp³-hybridized carbons (Fsp3) is 0.417. The lowest BCUT2D eigenvalue weighted by molar-refractivity contribution is -0.00444. The van der Waals surface area contributed by atoms with E-state index in [1.54, 1.807) is 10.9 Å². The van der Waals surface area contributed by atoms with Gasteiger partial charge in [-0.25, -0.2) is 9.78 Å². The summed E-state index contributed by atoms with van der Waals surface area (Å²) in [5, 5.41) is 17.1. The zero-order valence-corrected chi connectivity index (χ0v) is 28.6. The van der Waals surface area contributed by atoms with Crippen molar-refractivity contribution in [2.45, 2.75) is 84.7 Å². The van der Waals surface area contributed by atoms with Crippen molar-refractivity contribution < 1.29 is 19.3 Å². The Hall–Kier alpha value is -3.66. The molecule has 1 aliphatic heterocycles. The van der Waals surface area contributed by atoms with Crippen molar-refractivity contribution in [2.24, 2.45) is 5.92 Å². The average Bonchev–Trinajstić information content (AvgIpc) is 3.68. The molecular formula is C36H46N5O5P. The standard InChI is InChI=1S/C20H18O.C13H19N5O2.C3H9O2P/c21-13-2-1-4-14-7-8-17-10-9-15-5-3-6-16-11-12-18(14)20(17)19(15)16;1-7(2)5-8-3-4-9(20-8)18-6-15-10-11(14)16-13(19)17-12(10)18;1-3(2)5-6-4/h3,5-12,21H,1-2,4,13H2;6-9H,3-5H2,1-2H3,(H3,14,16,17,19);3-4,6H,1-2H3/t;8-,9+;/m.0./s1. The van der Waals surface area contributed by atoms with Gasteiger partial charge in [-0.1, -0.05) is 68.4 Å². The van der Waals surface area contributed by atoms with E-state index in [0.29, 0.717) is 17.1 Å². The van der Waals surface area contributed by atoms with Crippen molar-refractivity contribution in [1.29, 1.82) is 0 Å². The maximum absolute atomic E-state index is 11.5. The number of nitrogen functional groups attached to an aromatic ring is 1. The van der Waals surface area contributed by atoms with Crippen LogP contribution in [-0.2, 0) is 15.7 Å². The number of benzene rings is 4. The van der Waals surface area contributed by atoms with Gasteiger partial charge in [0.15, 0.2) is 14.7 Å². The highest BCUT2D eigenvalue weighted by Crippen LogP contribution is 2.36. The van der Waals surface area contributed by atoms with Crippen LogP contribution in [0.25, 0.3) is 43.5 Å². The van der Waals surface area contributed by atoms with Crippen molar-refractivity contribution in [3.8, 4) is 0 Å². The van der Waals surface area contributed by atoms with Crippen LogP contribution in [0, 0.1) is 5.92 Å². The number of aromatic nitrogens is 4. The highest BCUT2D eigenvalue weighted by molar-refractivity contribution is 7.25. The Balaban J connectivity index is 0.000000158. The van der Waals surface area contributed by atoms with E-state index < -0.39 is 5.69 Å². The van der Waals surface area contributed by atoms with Gasteiger partial charge in [0.05, 0.1) is 18.5 Å². The van der Waals surface area contributed by atoms with Gasteiger partial charge in [0.1, 0.15) is 17.6 Å². The third-order valence-corrected chi connectivity index (χ3v) is 8.94. The fourth-order valence-electron chi connectivity index (χ4n) is 6.30. The molecule has 3 atom stereocenters. The summed E-state index contributed by atoms with van der Waals surface area (Å²) >= 11 is 0. The molecule has 0 spiro atoms. The molecular weight excluding hydrogens is 613 g/mol. The minimum Gasteiger partial charge on any atom is -0.396 e. The molecule has 4 aromatic carbocycles. The number of rotatable bonds is 9. The van der Waals surface area contributed by atoms with Crippen LogP contribution >= 0.6 is 9.03 Å². The first-order valence-corrected chi connectivity index (χ1v) is 17.2. The number of unbranched alkanes of at least 4 members (excludes halogenated alkanes) is 1. The van der Waals surface area contributed by atoms with Crippen LogP contribution in [0.2, 0.25) is 0 Å². The fourth-order valence-corrected chi connectivity index (χ4v) is 6.51. The van der Waals surface area contributed by atoms with E-state index >= 15 is 0 Å². The van der Waals surface area contributed by atoms with Crippen LogP contribution in [-0.4, -0.2) is 48.3 Å². The van der Waals surface area contributed by atoms with Gasteiger partial charge in [-0.3, -0.25) is 9.55 Å². The summed E-state index contributed by atoms with van der Waals surface area (Å²) in [6.07, 6.45) is 7.86. The zero-order chi connectivity index (χ0) is 33.5. The van der Waals surface area contributed by atoms with E-state index in [1.165, 1.54) is 37.9 Å². The van der Waals surface area contributed by atoms with Crippen LogP contribution in [0.4, 0.5) is 5.82 Å². The number of imidazole rings is 1. The number of aromatic amines is 1. The molecule has 47 heavy (non-hydrogen) atoms. The van der Waals surface area contributed by atoms with Gasteiger partial charge < -0.3 is 25.0 Å².